The van der Waals surface area contributed by atoms with Crippen molar-refractivity contribution in [1.82, 2.24) is 4.90 Å². The third-order valence-corrected chi connectivity index (χ3v) is 4.55. The predicted octanol–water partition coefficient (Wildman–Crippen LogP) is 1.14. The molecular weight excluding hydrogens is 314 g/mol. The van der Waals surface area contributed by atoms with E-state index in [0.717, 1.165) is 10.5 Å². The van der Waals surface area contributed by atoms with Crippen molar-refractivity contribution in [2.24, 2.45) is 5.92 Å². The average molecular weight is 333 g/mol. The van der Waals surface area contributed by atoms with Crippen LogP contribution in [0.25, 0.3) is 0 Å². The van der Waals surface area contributed by atoms with Crippen LogP contribution in [0.1, 0.15) is 33.2 Å². The van der Waals surface area contributed by atoms with Crippen molar-refractivity contribution in [2.75, 3.05) is 26.9 Å². The first kappa shape index (κ1) is 16.6. The molecule has 1 unspecified atom stereocenters. The van der Waals surface area contributed by atoms with Gasteiger partial charge in [-0.3, -0.25) is 19.3 Å². The van der Waals surface area contributed by atoms with E-state index in [1.54, 1.807) is 32.0 Å². The topological polar surface area (TPSA) is 82.1 Å². The van der Waals surface area contributed by atoms with Gasteiger partial charge in [0.2, 0.25) is 0 Å². The highest BCUT2D eigenvalue weighted by atomic mass is 16.7. The highest BCUT2D eigenvalue weighted by Gasteiger charge is 2.49. The Morgan fingerprint density at radius 3 is 2.54 bits per heavy atom. The molecule has 2 amide bonds. The van der Waals surface area contributed by atoms with Gasteiger partial charge in [-0.1, -0.05) is 12.1 Å². The molecule has 7 heteroatoms. The number of ether oxygens (including phenoxy) is 3. The van der Waals surface area contributed by atoms with Crippen LogP contribution >= 0.6 is 0 Å². The third-order valence-electron chi connectivity index (χ3n) is 4.55. The second-order valence-corrected chi connectivity index (χ2v) is 6.01. The van der Waals surface area contributed by atoms with Crippen molar-refractivity contribution >= 4 is 17.8 Å². The minimum atomic E-state index is -1.22. The number of nitrogens with zero attached hydrogens (tertiary/aromatic N) is 1. The molecule has 7 nitrogen and oxygen atoms in total. The lowest BCUT2D eigenvalue weighted by atomic mass is 9.99. The molecule has 24 heavy (non-hydrogen) atoms. The normalized spacial score (nSPS) is 20.2. The van der Waals surface area contributed by atoms with Crippen molar-refractivity contribution in [3.8, 4) is 0 Å². The Morgan fingerprint density at radius 2 is 1.96 bits per heavy atom. The van der Waals surface area contributed by atoms with Gasteiger partial charge in [0.15, 0.2) is 5.79 Å². The number of aryl methyl sites for hydroxylation is 1. The third kappa shape index (κ3) is 2.50. The second kappa shape index (κ2) is 5.99. The van der Waals surface area contributed by atoms with Crippen LogP contribution in [-0.2, 0) is 19.0 Å². The number of amides is 2. The summed E-state index contributed by atoms with van der Waals surface area (Å²) in [6.07, 6.45) is 0. The second-order valence-electron chi connectivity index (χ2n) is 6.01. The summed E-state index contributed by atoms with van der Waals surface area (Å²) in [6.45, 7) is 3.91. The van der Waals surface area contributed by atoms with E-state index in [1.807, 2.05) is 0 Å². The fourth-order valence-electron chi connectivity index (χ4n) is 3.18. The van der Waals surface area contributed by atoms with Crippen molar-refractivity contribution in [1.29, 1.82) is 0 Å². The molecule has 1 atom stereocenters. The van der Waals surface area contributed by atoms with Crippen molar-refractivity contribution in [3.63, 3.8) is 0 Å². The van der Waals surface area contributed by atoms with E-state index in [4.69, 9.17) is 14.2 Å². The van der Waals surface area contributed by atoms with E-state index in [9.17, 15) is 14.4 Å². The summed E-state index contributed by atoms with van der Waals surface area (Å²) in [7, 11) is 1.25. The predicted molar refractivity (Wildman–Crippen MR) is 82.4 cm³/mol. The monoisotopic (exact) mass is 333 g/mol. The van der Waals surface area contributed by atoms with E-state index in [0.29, 0.717) is 24.3 Å². The molecule has 0 bridgehead atoms. The Bertz CT molecular complexity index is 707. The number of fused-ring (bicyclic) bond motifs is 1. The van der Waals surface area contributed by atoms with Crippen molar-refractivity contribution < 1.29 is 28.6 Å². The Labute approximate surface area is 139 Å². The van der Waals surface area contributed by atoms with Gasteiger partial charge in [-0.15, -0.1) is 0 Å². The largest absolute Gasteiger partial charge is 0.469 e. The SMILES string of the molecule is COC(=O)C(CN1C(=O)c2cccc(C)c2C1=O)C1(C)OCCO1. The summed E-state index contributed by atoms with van der Waals surface area (Å²) in [5.74, 6) is -3.57. The molecule has 0 radical (unpaired) electrons. The zero-order valence-corrected chi connectivity index (χ0v) is 13.8. The number of imide groups is 1. The van der Waals surface area contributed by atoms with E-state index >= 15 is 0 Å². The summed E-state index contributed by atoms with van der Waals surface area (Å²) >= 11 is 0. The van der Waals surface area contributed by atoms with Crippen LogP contribution < -0.4 is 0 Å². The fourth-order valence-corrected chi connectivity index (χ4v) is 3.18. The van der Waals surface area contributed by atoms with E-state index < -0.39 is 29.5 Å². The maximum absolute atomic E-state index is 12.7. The number of carbonyl (C=O) groups is 3. The van der Waals surface area contributed by atoms with Gasteiger partial charge >= 0.3 is 5.97 Å². The van der Waals surface area contributed by atoms with Gasteiger partial charge in [0.05, 0.1) is 31.5 Å². The van der Waals surface area contributed by atoms with Gasteiger partial charge in [-0.05, 0) is 25.5 Å². The minimum absolute atomic E-state index is 0.158. The number of esters is 1. The standard InChI is InChI=1S/C17H19NO6/c1-10-5-4-6-11-13(10)15(20)18(14(11)19)9-12(16(21)22-3)17(2)23-7-8-24-17/h4-6,12H,7-9H2,1-3H3. The Hall–Kier alpha value is -2.25. The highest BCUT2D eigenvalue weighted by molar-refractivity contribution is 6.22. The van der Waals surface area contributed by atoms with E-state index in [-0.39, 0.29) is 6.54 Å². The molecule has 1 fully saturated rings. The number of hydrogen-bond acceptors (Lipinski definition) is 6. The first-order valence-corrected chi connectivity index (χ1v) is 7.70. The number of rotatable bonds is 4. The lowest BCUT2D eigenvalue weighted by Gasteiger charge is -2.32. The van der Waals surface area contributed by atoms with Crippen LogP contribution in [0, 0.1) is 12.8 Å². The van der Waals surface area contributed by atoms with E-state index in [1.165, 1.54) is 7.11 Å². The lowest BCUT2D eigenvalue weighted by molar-refractivity contribution is -0.199. The molecule has 0 spiro atoms. The van der Waals surface area contributed by atoms with Crippen LogP contribution in [-0.4, -0.2) is 55.3 Å². The maximum atomic E-state index is 12.7. The molecule has 0 aliphatic carbocycles. The summed E-state index contributed by atoms with van der Waals surface area (Å²) in [5, 5.41) is 0. The van der Waals surface area contributed by atoms with E-state index in [2.05, 4.69) is 0 Å². The van der Waals surface area contributed by atoms with Crippen LogP contribution in [0.5, 0.6) is 0 Å². The molecule has 2 aliphatic heterocycles. The first-order chi connectivity index (χ1) is 11.4. The molecule has 1 saturated heterocycles. The molecule has 0 aromatic heterocycles. The number of carbonyl (C=O) groups excluding carboxylic acids is 3. The number of methoxy groups -OCH3 is 1. The summed E-state index contributed by atoms with van der Waals surface area (Å²) in [5.41, 5.74) is 1.45. The van der Waals surface area contributed by atoms with Gasteiger partial charge in [0.1, 0.15) is 5.92 Å². The number of benzene rings is 1. The average Bonchev–Trinajstić information content (AvgIpc) is 3.10. The van der Waals surface area contributed by atoms with Crippen molar-refractivity contribution in [3.05, 3.63) is 34.9 Å². The van der Waals surface area contributed by atoms with Crippen LogP contribution in [0.4, 0.5) is 0 Å². The molecule has 128 valence electrons. The molecule has 0 saturated carbocycles. The molecule has 1 aromatic rings. The zero-order chi connectivity index (χ0) is 17.5. The van der Waals surface area contributed by atoms with Gasteiger partial charge in [0.25, 0.3) is 11.8 Å². The van der Waals surface area contributed by atoms with Crippen LogP contribution in [0.2, 0.25) is 0 Å². The Morgan fingerprint density at radius 1 is 1.29 bits per heavy atom. The lowest BCUT2D eigenvalue weighted by Crippen LogP contribution is -2.49. The fraction of sp³-hybridized carbons (Fsp3) is 0.471. The maximum Gasteiger partial charge on any atom is 0.315 e. The summed E-state index contributed by atoms with van der Waals surface area (Å²) in [4.78, 5) is 38.5. The summed E-state index contributed by atoms with van der Waals surface area (Å²) in [6, 6.07) is 5.11. The van der Waals surface area contributed by atoms with Crippen LogP contribution in [0.15, 0.2) is 18.2 Å². The summed E-state index contributed by atoms with van der Waals surface area (Å²) < 4.78 is 15.9. The Kier molecular flexibility index (Phi) is 4.15. The van der Waals surface area contributed by atoms with Gasteiger partial charge in [0, 0.05) is 6.54 Å². The van der Waals surface area contributed by atoms with Gasteiger partial charge < -0.3 is 14.2 Å². The Balaban J connectivity index is 1.91. The number of hydrogen-bond donors (Lipinski definition) is 0. The molecule has 1 aromatic carbocycles. The first-order valence-electron chi connectivity index (χ1n) is 7.70. The zero-order valence-electron chi connectivity index (χ0n) is 13.8. The highest BCUT2D eigenvalue weighted by Crippen LogP contribution is 2.33. The smallest absolute Gasteiger partial charge is 0.315 e. The molecule has 2 aliphatic rings. The molecule has 3 rings (SSSR count). The quantitative estimate of drug-likeness (QED) is 0.607. The van der Waals surface area contributed by atoms with Crippen molar-refractivity contribution in [2.45, 2.75) is 19.6 Å². The molecule has 2 heterocycles. The minimum Gasteiger partial charge on any atom is -0.469 e. The van der Waals surface area contributed by atoms with Gasteiger partial charge in [-0.25, -0.2) is 0 Å². The molecule has 0 N–H and O–H groups in total. The van der Waals surface area contributed by atoms with Gasteiger partial charge in [-0.2, -0.15) is 0 Å². The molecular formula is C17H19NO6. The van der Waals surface area contributed by atoms with Crippen LogP contribution in [0.3, 0.4) is 0 Å².